The van der Waals surface area contributed by atoms with E-state index in [2.05, 4.69) is 145 Å². The summed E-state index contributed by atoms with van der Waals surface area (Å²) in [6.07, 6.45) is 10.3. The number of nitrogens with zero attached hydrogens (tertiary/aromatic N) is 6. The van der Waals surface area contributed by atoms with E-state index in [0.717, 1.165) is 71.9 Å². The molecule has 0 aromatic carbocycles. The lowest BCUT2D eigenvalue weighted by molar-refractivity contribution is -0.169. The lowest BCUT2D eigenvalue weighted by Gasteiger charge is -2.51. The predicted octanol–water partition coefficient (Wildman–Crippen LogP) is 4.58. The highest BCUT2D eigenvalue weighted by Gasteiger charge is 2.71. The van der Waals surface area contributed by atoms with Gasteiger partial charge in [0.25, 0.3) is 44.9 Å². The third kappa shape index (κ3) is 23.5. The van der Waals surface area contributed by atoms with Crippen molar-refractivity contribution < 1.29 is 111 Å². The second kappa shape index (κ2) is 46.9. The van der Waals surface area contributed by atoms with Gasteiger partial charge in [-0.1, -0.05) is 218 Å². The molecule has 6 aromatic rings. The van der Waals surface area contributed by atoms with Crippen molar-refractivity contribution >= 4 is 87.5 Å². The van der Waals surface area contributed by atoms with Crippen molar-refractivity contribution in [2.75, 3.05) is 28.7 Å². The minimum absolute atomic E-state index is 0.0155. The number of alkyl halides is 8. The number of hydrogen-bond acceptors (Lipinski definition) is 30. The van der Waals surface area contributed by atoms with Crippen molar-refractivity contribution in [3.63, 3.8) is 0 Å². The number of rotatable bonds is 17. The Bertz CT molecular complexity index is 6760. The molecule has 0 amide bonds. The molecule has 55 heteroatoms. The number of aliphatic hydroxyl groups is 6. The van der Waals surface area contributed by atoms with Crippen LogP contribution < -0.4 is 67.5 Å². The van der Waals surface area contributed by atoms with Crippen molar-refractivity contribution in [3.05, 3.63) is 211 Å². The summed E-state index contributed by atoms with van der Waals surface area (Å²) in [5, 5.41) is 59.6. The van der Waals surface area contributed by atoms with E-state index in [0.29, 0.717) is 8.99 Å². The van der Waals surface area contributed by atoms with E-state index in [1.54, 1.807) is 40.4 Å². The fraction of sp³-hybridized carbons (Fsp3) is 0.591. The summed E-state index contributed by atoms with van der Waals surface area (Å²) >= 11 is 3.47. The number of aromatic amines is 6. The summed E-state index contributed by atoms with van der Waals surface area (Å²) < 4.78 is 169. The van der Waals surface area contributed by atoms with Crippen LogP contribution in [-0.2, 0) is 54.4 Å². The van der Waals surface area contributed by atoms with Gasteiger partial charge in [-0.3, -0.25) is 86.1 Å². The molecule has 0 unspecified atom stereocenters. The molecule has 0 radical (unpaired) electrons. The number of aliphatic hydroxyl groups excluding tert-OH is 5. The second-order valence-electron chi connectivity index (χ2n) is 39.5. The van der Waals surface area contributed by atoms with Crippen molar-refractivity contribution in [3.8, 4) is 73.2 Å². The number of H-pyrrole nitrogens is 6. The van der Waals surface area contributed by atoms with E-state index in [4.69, 9.17) is 91.6 Å². The Morgan fingerprint density at radius 1 is 0.426 bits per heavy atom. The van der Waals surface area contributed by atoms with Gasteiger partial charge in [0.2, 0.25) is 28.9 Å². The molecule has 12 N–H and O–H groups in total. The van der Waals surface area contributed by atoms with Crippen molar-refractivity contribution in [1.29, 1.82) is 0 Å². The second-order valence-corrected chi connectivity index (χ2v) is 63.6. The van der Waals surface area contributed by atoms with Gasteiger partial charge >= 0.3 is 68.4 Å². The van der Waals surface area contributed by atoms with Crippen molar-refractivity contribution in [2.24, 2.45) is 0 Å². The zero-order chi connectivity index (χ0) is 112. The smallest absolute Gasteiger partial charge is 0.335 e. The lowest BCUT2D eigenvalue weighted by atomic mass is 9.95. The third-order valence-electron chi connectivity index (χ3n) is 26.1. The minimum atomic E-state index is -3.17. The van der Waals surface area contributed by atoms with Gasteiger partial charge in [0.1, 0.15) is 56.6 Å². The van der Waals surface area contributed by atoms with Crippen LogP contribution in [0.25, 0.3) is 0 Å². The van der Waals surface area contributed by atoms with Gasteiger partial charge in [0, 0.05) is 78.0 Å². The number of aromatic nitrogens is 12. The summed E-state index contributed by atoms with van der Waals surface area (Å²) in [5.41, 5.74) is -20.4. The maximum atomic E-state index is 17.6. The number of ether oxygens (including phenoxy) is 6. The Labute approximate surface area is 876 Å². The Hall–Kier alpha value is -9.58. The summed E-state index contributed by atoms with van der Waals surface area (Å²) in [6.45, 7) is 42.3. The molecule has 0 spiro atoms. The van der Waals surface area contributed by atoms with Crippen LogP contribution in [0.3, 0.4) is 0 Å². The summed E-state index contributed by atoms with van der Waals surface area (Å²) in [7, 11) is -14.0. The third-order valence-corrected chi connectivity index (χ3v) is 49.3. The molecule has 810 valence electrons. The summed E-state index contributed by atoms with van der Waals surface area (Å²) in [5.74, 6) is 9.28. The maximum Gasteiger partial charge on any atom is 0.335 e. The van der Waals surface area contributed by atoms with E-state index >= 15 is 4.39 Å². The standard InChI is InChI=1S/C26H45FN2O6Si3.C23H38N2O7Si2.C11H9F2IN2O4.C11H10FIN2O4.C11H11FN2O5.C11H9FN2O4/c1-17(2)37(18(3)4)32-16-21-23(34-38(35-37,19(5)6)20(7)8)26(27,13-15-36(9,10)11)24(33-21)29-14-12-22(30)28-25(29)31;1-10-23(28)20-18(30-21(23)25-12-11-19(26)24-22(25)27)13-29-33(14(2)3,15(4)5)32-34(31-20,16(6)7)17(8)9;1-2-10(12)7(18)11(13,5-14)20-8(10)16-4-3-6(17)15-9(16)19;1-2-11(12)8(17)6(5-13)19-9(11)15-4-3-7(16)14-10(15)18;1-2-11(12)8(17)6(5-15)19-9(11)14-4-3-7(16)13-10(14)18;1-3-11(12)8(16)6(2)18-9(11)14-5-4-7(15)13-10(14)17/h12,14,17-21,23-24H,16H2,1-11H3,(H,28,30,31);1,11-12,14-18,20-21,28H,13H2,2-9H3,(H,24,26,27);1,3-4,7-8,18H,5H2,(H,15,17,19);1,3-4,6,8-9,17H,5H2,(H,14,16,18);1,3-4,6,8-9,15,17H,5H2,(H,13,16,18);1,4-5,8-9,16H,2H2,(H,13,15,17)/t21-,23-,24-,26-;18-,20-,21-,23+;7-,8+,10+,11+;2*6-,8-,9-,11-;8-,9-,11-/m110111/s1. The minimum Gasteiger partial charge on any atom is -0.467 e. The molecule has 0 bridgehead atoms. The van der Waals surface area contributed by atoms with Gasteiger partial charge in [-0.05, 0) is 44.3 Å². The van der Waals surface area contributed by atoms with Gasteiger partial charge < -0.3 is 85.0 Å². The van der Waals surface area contributed by atoms with Gasteiger partial charge in [-0.2, -0.15) is 0 Å². The predicted molar refractivity (Wildman–Crippen MR) is 553 cm³/mol. The Balaban J connectivity index is 0.000000203. The van der Waals surface area contributed by atoms with Crippen LogP contribution in [0.5, 0.6) is 0 Å². The maximum absolute atomic E-state index is 17.6. The zero-order valence-corrected chi connectivity index (χ0v) is 93.4. The molecule has 0 saturated carbocycles. The first kappa shape index (κ1) is 122. The summed E-state index contributed by atoms with van der Waals surface area (Å²) in [4.78, 5) is 151. The molecule has 14 rings (SSSR count). The van der Waals surface area contributed by atoms with Crippen LogP contribution in [0.1, 0.15) is 148 Å². The zero-order valence-electron chi connectivity index (χ0n) is 84.1. The van der Waals surface area contributed by atoms with Crippen LogP contribution in [0, 0.1) is 73.2 Å². The quantitative estimate of drug-likeness (QED) is 0.0195. The fourth-order valence-electron chi connectivity index (χ4n) is 18.1. The van der Waals surface area contributed by atoms with Crippen LogP contribution in [-0.4, -0.2) is 260 Å². The number of fused-ring (bicyclic) bond motifs is 2. The molecule has 0 aliphatic carbocycles. The summed E-state index contributed by atoms with van der Waals surface area (Å²) in [6, 6.07) is 6.32. The molecule has 42 nitrogen and oxygen atoms in total. The van der Waals surface area contributed by atoms with E-state index in [9.17, 15) is 105 Å². The van der Waals surface area contributed by atoms with Gasteiger partial charge in [-0.25, -0.2) is 55.1 Å². The Morgan fingerprint density at radius 3 is 1.03 bits per heavy atom. The molecular weight excluding hydrogens is 2270 g/mol. The lowest BCUT2D eigenvalue weighted by Crippen LogP contribution is -2.67. The average molecular weight is 2400 g/mol. The number of hydrogen-bond donors (Lipinski definition) is 12. The Kier molecular flexibility index (Phi) is 38.7. The normalized spacial score (nSPS) is 32.1. The van der Waals surface area contributed by atoms with Crippen LogP contribution in [0.15, 0.2) is 143 Å². The number of nitrogens with one attached hydrogen (secondary N) is 6. The molecule has 8 fully saturated rings. The highest BCUT2D eigenvalue weighted by Crippen LogP contribution is 2.56. The monoisotopic (exact) mass is 2390 g/mol. The molecule has 14 heterocycles. The van der Waals surface area contributed by atoms with Crippen LogP contribution in [0.4, 0.5) is 26.3 Å². The van der Waals surface area contributed by atoms with E-state index in [1.165, 1.54) is 24.5 Å². The van der Waals surface area contributed by atoms with Crippen LogP contribution in [0.2, 0.25) is 64.0 Å². The Morgan fingerprint density at radius 2 is 0.723 bits per heavy atom. The molecule has 6 aromatic heterocycles. The number of halogens is 8. The molecule has 23 atom stereocenters. The van der Waals surface area contributed by atoms with Gasteiger partial charge in [0.15, 0.2) is 48.9 Å². The van der Waals surface area contributed by atoms with Crippen LogP contribution >= 0.6 is 45.2 Å². The largest absolute Gasteiger partial charge is 0.467 e. The highest BCUT2D eigenvalue weighted by atomic mass is 127. The fourth-order valence-corrected chi connectivity index (χ4v) is 42.4. The first-order valence-corrected chi connectivity index (χ1v) is 61.0. The topological polar surface area (TPSA) is 561 Å². The number of terminal acetylenes is 5. The molecular formula is C93H122F6I2N12O30Si5. The molecule has 8 aliphatic heterocycles. The average Bonchev–Trinajstić information content (AvgIpc) is 1.62. The van der Waals surface area contributed by atoms with E-state index in [1.807, 2.05) is 68.1 Å². The SMILES string of the molecule is C#C[C@@]1(F)[C@H](O)C(=C)O[C@H]1n1ccc(=O)[nH]c1=O.C#C[C@@]1(F)[C@H](O)[C@@H](CI)O[C@H]1n1ccc(=O)[nH]c1=O.C#C[C@@]1(F)[C@H](O)[C@@H](CO)O[C@H]1n1ccc(=O)[nH]c1=O.C#C[C@]1(F)[C@H](n2ccc(=O)[nH]c2=O)O[C@](F)(CI)[C@H]1O.C#C[C@]1(O)[C@@H]2O[Si](C(C)C)(C(C)C)O[Si](C(C)C)(C(C)C)OC[C@H]2O[C@H]1n1ccc(=O)[nH]c1=O.CC(C)[Si]1(C(C)C)OC[C@H]2O[C@@H](n3ccc(=O)[nH]c3=O)[C@@](F)(C#C[Si](C)(C)C)[C@@H]2O[Si](C(C)C)(C(C)C)O1. The molecule has 8 aliphatic rings. The highest BCUT2D eigenvalue weighted by molar-refractivity contribution is 14.1. The molecule has 148 heavy (non-hydrogen) atoms. The van der Waals surface area contributed by atoms with Crippen molar-refractivity contribution in [1.82, 2.24) is 57.3 Å². The molecule has 8 saturated heterocycles. The first-order valence-electron chi connectivity index (χ1n) is 46.5. The van der Waals surface area contributed by atoms with Crippen molar-refractivity contribution in [2.45, 2.75) is 313 Å². The van der Waals surface area contributed by atoms with E-state index < -0.39 is 259 Å². The van der Waals surface area contributed by atoms with E-state index in [-0.39, 0.29) is 63.3 Å². The first-order chi connectivity index (χ1) is 68.7. The van der Waals surface area contributed by atoms with Gasteiger partial charge in [-0.15, -0.1) is 37.7 Å². The van der Waals surface area contributed by atoms with Gasteiger partial charge in [0.05, 0.1) is 30.4 Å².